The number of halogens is 2. The van der Waals surface area contributed by atoms with Gasteiger partial charge >= 0.3 is 6.09 Å². The summed E-state index contributed by atoms with van der Waals surface area (Å²) in [5.74, 6) is -4.94. The molecule has 1 aliphatic rings. The number of hydrogen-bond donors (Lipinski definition) is 1. The first-order valence-corrected chi connectivity index (χ1v) is 7.06. The Labute approximate surface area is 127 Å². The number of amides is 1. The van der Waals surface area contributed by atoms with Crippen LogP contribution in [-0.4, -0.2) is 24.0 Å². The van der Waals surface area contributed by atoms with Crippen molar-refractivity contribution in [3.8, 4) is 0 Å². The Balaban J connectivity index is 2.26. The second kappa shape index (κ2) is 5.66. The molecule has 0 saturated carbocycles. The fraction of sp³-hybridized carbons (Fsp3) is 0.500. The number of nitrogens with one attached hydrogen (secondary N) is 1. The Morgan fingerprint density at radius 3 is 2.59 bits per heavy atom. The van der Waals surface area contributed by atoms with E-state index in [0.717, 1.165) is 0 Å². The van der Waals surface area contributed by atoms with Crippen molar-refractivity contribution >= 4 is 12.4 Å². The number of alkyl halides is 2. The lowest BCUT2D eigenvalue weighted by Gasteiger charge is -2.36. The molecule has 0 saturated heterocycles. The molecule has 120 valence electrons. The van der Waals surface area contributed by atoms with Gasteiger partial charge in [0.15, 0.2) is 0 Å². The second-order valence-corrected chi connectivity index (χ2v) is 6.40. The second-order valence-electron chi connectivity index (χ2n) is 6.40. The lowest BCUT2D eigenvalue weighted by molar-refractivity contribution is -0.132. The van der Waals surface area contributed by atoms with Crippen molar-refractivity contribution in [1.82, 2.24) is 5.32 Å². The molecule has 1 aliphatic carbocycles. The number of hydrogen-bond acceptors (Lipinski definition) is 3. The fourth-order valence-electron chi connectivity index (χ4n) is 2.60. The molecule has 1 aromatic rings. The van der Waals surface area contributed by atoms with Crippen molar-refractivity contribution in [2.24, 2.45) is 5.92 Å². The lowest BCUT2D eigenvalue weighted by atomic mass is 9.78. The average molecular weight is 311 g/mol. The summed E-state index contributed by atoms with van der Waals surface area (Å²) >= 11 is 0. The minimum absolute atomic E-state index is 0.158. The molecule has 0 bridgehead atoms. The van der Waals surface area contributed by atoms with Gasteiger partial charge in [0, 0.05) is 5.56 Å². The number of ether oxygens (including phenoxy) is 1. The topological polar surface area (TPSA) is 55.4 Å². The quantitative estimate of drug-likeness (QED) is 0.854. The van der Waals surface area contributed by atoms with E-state index in [1.807, 2.05) is 0 Å². The highest BCUT2D eigenvalue weighted by atomic mass is 19.3. The van der Waals surface area contributed by atoms with Gasteiger partial charge in [-0.3, -0.25) is 0 Å². The molecule has 0 aromatic heterocycles. The number of fused-ring (bicyclic) bond motifs is 1. The molecule has 1 aromatic carbocycles. The van der Waals surface area contributed by atoms with E-state index < -0.39 is 29.6 Å². The predicted molar refractivity (Wildman–Crippen MR) is 76.8 cm³/mol. The van der Waals surface area contributed by atoms with Gasteiger partial charge in [0.2, 0.25) is 0 Å². The maximum atomic E-state index is 14.5. The van der Waals surface area contributed by atoms with E-state index in [1.54, 1.807) is 32.9 Å². The van der Waals surface area contributed by atoms with Gasteiger partial charge in [0.25, 0.3) is 5.92 Å². The number of aldehydes is 1. The zero-order chi connectivity index (χ0) is 16.5. The Hall–Kier alpha value is -1.98. The molecule has 0 aliphatic heterocycles. The third-order valence-electron chi connectivity index (χ3n) is 3.52. The molecule has 2 atom stereocenters. The van der Waals surface area contributed by atoms with Gasteiger partial charge in [-0.15, -0.1) is 0 Å². The van der Waals surface area contributed by atoms with E-state index in [4.69, 9.17) is 4.74 Å². The molecular formula is C16H19F2NO3. The van der Waals surface area contributed by atoms with Crippen molar-refractivity contribution in [2.75, 3.05) is 0 Å². The van der Waals surface area contributed by atoms with Crippen molar-refractivity contribution < 1.29 is 23.1 Å². The molecule has 0 radical (unpaired) electrons. The van der Waals surface area contributed by atoms with Gasteiger partial charge in [0.1, 0.15) is 17.8 Å². The Morgan fingerprint density at radius 1 is 1.36 bits per heavy atom. The molecule has 0 spiro atoms. The molecule has 4 nitrogen and oxygen atoms in total. The van der Waals surface area contributed by atoms with Gasteiger partial charge in [0.05, 0.1) is 6.04 Å². The minimum Gasteiger partial charge on any atom is -0.444 e. The summed E-state index contributed by atoms with van der Waals surface area (Å²) in [4.78, 5) is 23.0. The minimum atomic E-state index is -3.32. The van der Waals surface area contributed by atoms with Crippen molar-refractivity contribution in [3.05, 3.63) is 35.4 Å². The fourth-order valence-corrected chi connectivity index (χ4v) is 2.60. The maximum Gasteiger partial charge on any atom is 0.407 e. The molecule has 1 amide bonds. The summed E-state index contributed by atoms with van der Waals surface area (Å²) in [5.41, 5.74) is -0.475. The molecule has 2 rings (SSSR count). The van der Waals surface area contributed by atoms with E-state index in [0.29, 0.717) is 5.56 Å². The summed E-state index contributed by atoms with van der Waals surface area (Å²) in [6, 6.07) is 5.05. The van der Waals surface area contributed by atoms with Gasteiger partial charge in [-0.25, -0.2) is 13.6 Å². The van der Waals surface area contributed by atoms with Gasteiger partial charge < -0.3 is 14.8 Å². The van der Waals surface area contributed by atoms with Crippen LogP contribution in [-0.2, 0) is 21.9 Å². The molecular weight excluding hydrogens is 292 g/mol. The third kappa shape index (κ3) is 3.26. The molecule has 0 heterocycles. The highest BCUT2D eigenvalue weighted by Gasteiger charge is 2.51. The van der Waals surface area contributed by atoms with Crippen LogP contribution in [0.15, 0.2) is 24.3 Å². The zero-order valence-corrected chi connectivity index (χ0v) is 12.7. The van der Waals surface area contributed by atoms with Gasteiger partial charge in [-0.05, 0) is 32.8 Å². The Morgan fingerprint density at radius 2 is 2.00 bits per heavy atom. The number of carbonyl (C=O) groups is 2. The van der Waals surface area contributed by atoms with Crippen molar-refractivity contribution in [1.29, 1.82) is 0 Å². The van der Waals surface area contributed by atoms with Crippen LogP contribution in [0.1, 0.15) is 31.9 Å². The molecule has 22 heavy (non-hydrogen) atoms. The van der Waals surface area contributed by atoms with Crippen LogP contribution in [0.25, 0.3) is 0 Å². The van der Waals surface area contributed by atoms with Crippen molar-refractivity contribution in [2.45, 2.75) is 44.8 Å². The number of rotatable bonds is 2. The van der Waals surface area contributed by atoms with E-state index in [-0.39, 0.29) is 18.3 Å². The molecule has 1 N–H and O–H groups in total. The number of benzene rings is 1. The van der Waals surface area contributed by atoms with E-state index in [9.17, 15) is 18.4 Å². The largest absolute Gasteiger partial charge is 0.444 e. The SMILES string of the molecule is CC(C)(C)OC(=O)NC1Cc2ccccc2C(F)(F)C1C=O. The first-order chi connectivity index (χ1) is 10.1. The smallest absolute Gasteiger partial charge is 0.407 e. The van der Waals surface area contributed by atoms with E-state index >= 15 is 0 Å². The standard InChI is InChI=1S/C16H19F2NO3/c1-15(2,3)22-14(21)19-13-8-10-6-4-5-7-11(10)16(17,18)12(13)9-20/h4-7,9,12-13H,8H2,1-3H3,(H,19,21). The third-order valence-corrected chi connectivity index (χ3v) is 3.52. The summed E-state index contributed by atoms with van der Waals surface area (Å²) < 4.78 is 34.0. The number of carbonyl (C=O) groups excluding carboxylic acids is 2. The monoisotopic (exact) mass is 311 g/mol. The van der Waals surface area contributed by atoms with Crippen LogP contribution in [0.3, 0.4) is 0 Å². The average Bonchev–Trinajstić information content (AvgIpc) is 2.36. The first kappa shape index (κ1) is 16.4. The Kier molecular flexibility index (Phi) is 4.22. The lowest BCUT2D eigenvalue weighted by Crippen LogP contribution is -2.52. The van der Waals surface area contributed by atoms with E-state index in [2.05, 4.69) is 5.32 Å². The van der Waals surface area contributed by atoms with Crippen LogP contribution >= 0.6 is 0 Å². The van der Waals surface area contributed by atoms with Gasteiger partial charge in [-0.1, -0.05) is 24.3 Å². The zero-order valence-electron chi connectivity index (χ0n) is 12.7. The molecule has 2 unspecified atom stereocenters. The summed E-state index contributed by atoms with van der Waals surface area (Å²) in [6.07, 6.45) is -0.439. The molecule has 0 fully saturated rings. The predicted octanol–water partition coefficient (Wildman–Crippen LogP) is 3.04. The first-order valence-electron chi connectivity index (χ1n) is 7.06. The highest BCUT2D eigenvalue weighted by Crippen LogP contribution is 2.43. The Bertz CT molecular complexity index is 581. The van der Waals surface area contributed by atoms with Gasteiger partial charge in [-0.2, -0.15) is 0 Å². The number of alkyl carbamates (subject to hydrolysis) is 1. The van der Waals surface area contributed by atoms with Crippen LogP contribution in [0.4, 0.5) is 13.6 Å². The van der Waals surface area contributed by atoms with E-state index in [1.165, 1.54) is 12.1 Å². The summed E-state index contributed by atoms with van der Waals surface area (Å²) in [6.45, 7) is 5.03. The normalized spacial score (nSPS) is 23.3. The summed E-state index contributed by atoms with van der Waals surface area (Å²) in [7, 11) is 0. The molecule has 6 heteroatoms. The van der Waals surface area contributed by atoms with Crippen LogP contribution in [0.2, 0.25) is 0 Å². The van der Waals surface area contributed by atoms with Crippen LogP contribution < -0.4 is 5.32 Å². The summed E-state index contributed by atoms with van der Waals surface area (Å²) in [5, 5.41) is 2.40. The highest BCUT2D eigenvalue weighted by molar-refractivity contribution is 5.70. The van der Waals surface area contributed by atoms with Crippen molar-refractivity contribution in [3.63, 3.8) is 0 Å². The van der Waals surface area contributed by atoms with Crippen LogP contribution in [0, 0.1) is 5.92 Å². The van der Waals surface area contributed by atoms with Crippen LogP contribution in [0.5, 0.6) is 0 Å². The maximum absolute atomic E-state index is 14.5.